The van der Waals surface area contributed by atoms with E-state index in [1.165, 1.54) is 5.56 Å². The quantitative estimate of drug-likeness (QED) is 0.740. The number of aryl methyl sites for hydroxylation is 2. The summed E-state index contributed by atoms with van der Waals surface area (Å²) in [7, 11) is -1.28. The largest absolute Gasteiger partial charge is 0.248 e. The lowest BCUT2D eigenvalue weighted by molar-refractivity contribution is 0.687. The predicted octanol–water partition coefficient (Wildman–Crippen LogP) is 5.21. The third-order valence-corrected chi connectivity index (χ3v) is 5.48. The highest BCUT2D eigenvalue weighted by molar-refractivity contribution is 7.90. The van der Waals surface area contributed by atoms with Gasteiger partial charge >= 0.3 is 0 Å². The molecule has 1 unspecified atom stereocenters. The van der Waals surface area contributed by atoms with Crippen LogP contribution < -0.4 is 0 Å². The molecule has 0 aliphatic rings. The van der Waals surface area contributed by atoms with Gasteiger partial charge in [0.05, 0.1) is 10.8 Å². The van der Waals surface area contributed by atoms with Crippen LogP contribution in [0.1, 0.15) is 24.5 Å². The molecule has 0 spiro atoms. The number of halogens is 1. The molecule has 0 aliphatic heterocycles. The van der Waals surface area contributed by atoms with Gasteiger partial charge in [0.2, 0.25) is 0 Å². The summed E-state index contributed by atoms with van der Waals surface area (Å²) in [6.07, 6.45) is 1.73. The van der Waals surface area contributed by atoms with E-state index in [-0.39, 0.29) is 0 Å². The molecule has 2 rings (SSSR count). The van der Waals surface area contributed by atoms with Gasteiger partial charge in [0.15, 0.2) is 0 Å². The molecule has 1 atom stereocenters. The summed E-state index contributed by atoms with van der Waals surface area (Å²) < 4.78 is 12.9. The number of benzene rings is 2. The van der Waals surface area contributed by atoms with Crippen molar-refractivity contribution in [2.24, 2.45) is 0 Å². The average molecular weight is 319 g/mol. The maximum atomic E-state index is 12.4. The molecule has 3 heteroatoms. The Morgan fingerprint density at radius 3 is 2.29 bits per heavy atom. The van der Waals surface area contributed by atoms with E-state index in [0.29, 0.717) is 4.36 Å². The molecule has 0 N–H and O–H groups in total. The van der Waals surface area contributed by atoms with Crippen LogP contribution in [0.2, 0.25) is 0 Å². The molecular formula is C18H19ClOS. The summed E-state index contributed by atoms with van der Waals surface area (Å²) in [6, 6.07) is 17.9. The number of hydrogen-bond donors (Lipinski definition) is 0. The Bertz CT molecular complexity index is 645. The summed E-state index contributed by atoms with van der Waals surface area (Å²) in [6.45, 7) is 3.96. The van der Waals surface area contributed by atoms with E-state index < -0.39 is 10.8 Å². The molecule has 0 saturated heterocycles. The van der Waals surface area contributed by atoms with Crippen LogP contribution in [-0.4, -0.2) is 4.21 Å². The van der Waals surface area contributed by atoms with Crippen LogP contribution in [0, 0.1) is 6.92 Å². The van der Waals surface area contributed by atoms with E-state index in [1.807, 2.05) is 56.3 Å². The Hall–Kier alpha value is -1.38. The Kier molecular flexibility index (Phi) is 5.77. The minimum Gasteiger partial charge on any atom is -0.248 e. The molecule has 0 aromatic heterocycles. The van der Waals surface area contributed by atoms with E-state index in [1.54, 1.807) is 0 Å². The summed E-state index contributed by atoms with van der Waals surface area (Å²) in [5.74, 6) is 0. The lowest BCUT2D eigenvalue weighted by atomic mass is 10.1. The zero-order valence-electron chi connectivity index (χ0n) is 12.3. The highest BCUT2D eigenvalue weighted by atomic mass is 35.5. The molecule has 21 heavy (non-hydrogen) atoms. The Morgan fingerprint density at radius 1 is 1.05 bits per heavy atom. The van der Waals surface area contributed by atoms with Gasteiger partial charge in [-0.25, -0.2) is 4.21 Å². The third-order valence-electron chi connectivity index (χ3n) is 3.36. The second kappa shape index (κ2) is 7.58. The van der Waals surface area contributed by atoms with Gasteiger partial charge in [-0.2, -0.15) is 0 Å². The normalized spacial score (nSPS) is 13.7. The molecule has 0 radical (unpaired) electrons. The first-order chi connectivity index (χ1) is 10.1. The zero-order chi connectivity index (χ0) is 15.2. The smallest absolute Gasteiger partial charge is 0.108 e. The van der Waals surface area contributed by atoms with Crippen LogP contribution in [0.4, 0.5) is 0 Å². The van der Waals surface area contributed by atoms with E-state index in [9.17, 15) is 4.21 Å². The van der Waals surface area contributed by atoms with Crippen LogP contribution in [-0.2, 0) is 17.2 Å². The Balaban J connectivity index is 2.07. The van der Waals surface area contributed by atoms with Gasteiger partial charge in [-0.05, 0) is 50.0 Å². The highest BCUT2D eigenvalue weighted by Crippen LogP contribution is 2.24. The first-order valence-electron chi connectivity index (χ1n) is 6.95. The van der Waals surface area contributed by atoms with Crippen LogP contribution in [0.5, 0.6) is 0 Å². The van der Waals surface area contributed by atoms with Gasteiger partial charge in [-0.1, -0.05) is 59.6 Å². The van der Waals surface area contributed by atoms with E-state index in [4.69, 9.17) is 11.6 Å². The van der Waals surface area contributed by atoms with Crippen molar-refractivity contribution in [2.45, 2.75) is 31.6 Å². The van der Waals surface area contributed by atoms with E-state index >= 15 is 0 Å². The van der Waals surface area contributed by atoms with Crippen molar-refractivity contribution in [1.29, 1.82) is 0 Å². The molecule has 110 valence electrons. The molecule has 0 heterocycles. The van der Waals surface area contributed by atoms with Crippen molar-refractivity contribution in [3.8, 4) is 0 Å². The molecule has 0 fully saturated rings. The fourth-order valence-electron chi connectivity index (χ4n) is 2.00. The average Bonchev–Trinajstić information content (AvgIpc) is 2.53. The van der Waals surface area contributed by atoms with Crippen molar-refractivity contribution in [3.63, 3.8) is 0 Å². The minimum absolute atomic E-state index is 0.454. The van der Waals surface area contributed by atoms with Crippen molar-refractivity contribution in [2.75, 3.05) is 0 Å². The lowest BCUT2D eigenvalue weighted by Gasteiger charge is -2.07. The number of rotatable bonds is 5. The van der Waals surface area contributed by atoms with Crippen LogP contribution in [0.15, 0.2) is 69.4 Å². The summed E-state index contributed by atoms with van der Waals surface area (Å²) in [5, 5.41) is 0. The second-order valence-corrected chi connectivity index (χ2v) is 7.14. The molecule has 0 amide bonds. The maximum absolute atomic E-state index is 12.4. The first kappa shape index (κ1) is 16.0. The van der Waals surface area contributed by atoms with Crippen LogP contribution in [0.3, 0.4) is 0 Å². The standard InChI is InChI=1S/C18H19ClOS/c1-14-8-12-17(13-9-14)21(20)18(19)15(2)10-11-16-6-4-3-5-7-16/h3-9,12-13H,10-11H2,1-2H3/b18-15-. The lowest BCUT2D eigenvalue weighted by Crippen LogP contribution is -1.96. The maximum Gasteiger partial charge on any atom is 0.108 e. The molecule has 2 aromatic rings. The van der Waals surface area contributed by atoms with Crippen molar-refractivity contribution in [1.82, 2.24) is 0 Å². The topological polar surface area (TPSA) is 17.1 Å². The van der Waals surface area contributed by atoms with Crippen molar-refractivity contribution >= 4 is 22.4 Å². The minimum atomic E-state index is -1.28. The third kappa shape index (κ3) is 4.55. The summed E-state index contributed by atoms with van der Waals surface area (Å²) in [4.78, 5) is 0.754. The van der Waals surface area contributed by atoms with Gasteiger partial charge in [0.1, 0.15) is 4.36 Å². The second-order valence-electron chi connectivity index (χ2n) is 5.12. The number of hydrogen-bond acceptors (Lipinski definition) is 1. The van der Waals surface area contributed by atoms with Gasteiger partial charge < -0.3 is 0 Å². The van der Waals surface area contributed by atoms with E-state index in [2.05, 4.69) is 12.1 Å². The summed E-state index contributed by atoms with van der Waals surface area (Å²) in [5.41, 5.74) is 3.40. The fraction of sp³-hybridized carbons (Fsp3) is 0.222. The molecule has 0 saturated carbocycles. The summed E-state index contributed by atoms with van der Waals surface area (Å²) >= 11 is 6.30. The van der Waals surface area contributed by atoms with Crippen LogP contribution in [0.25, 0.3) is 0 Å². The predicted molar refractivity (Wildman–Crippen MR) is 90.9 cm³/mol. The number of allylic oxidation sites excluding steroid dienone is 1. The Labute approximate surface area is 134 Å². The van der Waals surface area contributed by atoms with Crippen molar-refractivity contribution < 1.29 is 4.21 Å². The van der Waals surface area contributed by atoms with Gasteiger partial charge in [0.25, 0.3) is 0 Å². The zero-order valence-corrected chi connectivity index (χ0v) is 13.9. The SMILES string of the molecule is C/C(CCc1ccccc1)=C(\Cl)S(=O)c1ccc(C)cc1. The fourth-order valence-corrected chi connectivity index (χ4v) is 3.37. The van der Waals surface area contributed by atoms with E-state index in [0.717, 1.165) is 28.9 Å². The van der Waals surface area contributed by atoms with Gasteiger partial charge in [0, 0.05) is 4.90 Å². The highest BCUT2D eigenvalue weighted by Gasteiger charge is 2.11. The first-order valence-corrected chi connectivity index (χ1v) is 8.48. The molecular weight excluding hydrogens is 300 g/mol. The van der Waals surface area contributed by atoms with Crippen molar-refractivity contribution in [3.05, 3.63) is 75.7 Å². The molecule has 0 bridgehead atoms. The molecule has 0 aliphatic carbocycles. The molecule has 2 aromatic carbocycles. The van der Waals surface area contributed by atoms with Crippen LogP contribution >= 0.6 is 11.6 Å². The van der Waals surface area contributed by atoms with Gasteiger partial charge in [-0.15, -0.1) is 0 Å². The monoisotopic (exact) mass is 318 g/mol. The van der Waals surface area contributed by atoms with Gasteiger partial charge in [-0.3, -0.25) is 0 Å². The Morgan fingerprint density at radius 2 is 1.67 bits per heavy atom. The molecule has 1 nitrogen and oxygen atoms in total.